The lowest BCUT2D eigenvalue weighted by molar-refractivity contribution is 0.131. The maximum absolute atomic E-state index is 5.60. The molecule has 1 aliphatic rings. The van der Waals surface area contributed by atoms with Crippen LogP contribution in [-0.2, 0) is 13.1 Å². The monoisotopic (exact) mass is 236 g/mol. The van der Waals surface area contributed by atoms with Crippen molar-refractivity contribution in [3.05, 3.63) is 23.2 Å². The Morgan fingerprint density at radius 2 is 2.18 bits per heavy atom. The molecule has 2 heterocycles. The summed E-state index contributed by atoms with van der Waals surface area (Å²) in [4.78, 5) is 2.53. The van der Waals surface area contributed by atoms with E-state index in [-0.39, 0.29) is 0 Å². The molecule has 1 aromatic rings. The summed E-state index contributed by atoms with van der Waals surface area (Å²) < 4.78 is 5.60. The predicted molar refractivity (Wildman–Crippen MR) is 69.6 cm³/mol. The van der Waals surface area contributed by atoms with Crippen LogP contribution in [0.1, 0.15) is 37.4 Å². The van der Waals surface area contributed by atoms with E-state index in [1.807, 2.05) is 6.92 Å². The van der Waals surface area contributed by atoms with Crippen LogP contribution in [0.3, 0.4) is 0 Å². The van der Waals surface area contributed by atoms with Crippen molar-refractivity contribution in [2.75, 3.05) is 13.1 Å². The molecule has 0 aromatic carbocycles. The summed E-state index contributed by atoms with van der Waals surface area (Å²) >= 11 is 0. The Morgan fingerprint density at radius 3 is 2.76 bits per heavy atom. The average Bonchev–Trinajstić information content (AvgIpc) is 2.65. The lowest BCUT2D eigenvalue weighted by Gasteiger charge is -2.35. The first-order valence-corrected chi connectivity index (χ1v) is 6.60. The van der Waals surface area contributed by atoms with E-state index in [2.05, 4.69) is 24.8 Å². The number of aryl methyl sites for hydroxylation is 1. The molecule has 0 saturated carbocycles. The number of likely N-dealkylation sites (tertiary alicyclic amines) is 1. The van der Waals surface area contributed by atoms with Crippen LogP contribution in [0.25, 0.3) is 0 Å². The van der Waals surface area contributed by atoms with Gasteiger partial charge in [0.2, 0.25) is 0 Å². The maximum Gasteiger partial charge on any atom is 0.118 e. The minimum atomic E-state index is 0.494. The van der Waals surface area contributed by atoms with E-state index in [0.29, 0.717) is 6.54 Å². The van der Waals surface area contributed by atoms with Gasteiger partial charge in [0, 0.05) is 18.7 Å². The van der Waals surface area contributed by atoms with E-state index < -0.39 is 0 Å². The zero-order chi connectivity index (χ0) is 12.4. The Bertz CT molecular complexity index is 372. The summed E-state index contributed by atoms with van der Waals surface area (Å²) in [6, 6.07) is 2.11. The summed E-state index contributed by atoms with van der Waals surface area (Å²) in [5, 5.41) is 0. The summed E-state index contributed by atoms with van der Waals surface area (Å²) in [7, 11) is 0. The second-order valence-corrected chi connectivity index (χ2v) is 5.48. The van der Waals surface area contributed by atoms with Crippen molar-refractivity contribution >= 4 is 0 Å². The quantitative estimate of drug-likeness (QED) is 0.877. The van der Waals surface area contributed by atoms with Crippen molar-refractivity contribution in [3.63, 3.8) is 0 Å². The first kappa shape index (κ1) is 12.7. The fourth-order valence-corrected chi connectivity index (χ4v) is 2.58. The van der Waals surface area contributed by atoms with E-state index in [9.17, 15) is 0 Å². The second kappa shape index (κ2) is 5.23. The molecule has 1 aliphatic heterocycles. The van der Waals surface area contributed by atoms with Gasteiger partial charge in [-0.25, -0.2) is 0 Å². The Labute approximate surface area is 104 Å². The molecule has 1 fully saturated rings. The molecule has 2 atom stereocenters. The summed E-state index contributed by atoms with van der Waals surface area (Å²) in [6.07, 6.45) is 1.31. The molecule has 2 unspecified atom stereocenters. The fourth-order valence-electron chi connectivity index (χ4n) is 2.58. The normalized spacial score (nSPS) is 26.4. The first-order valence-electron chi connectivity index (χ1n) is 6.60. The highest BCUT2D eigenvalue weighted by Crippen LogP contribution is 2.25. The van der Waals surface area contributed by atoms with Crippen LogP contribution < -0.4 is 5.73 Å². The Hall–Kier alpha value is -0.800. The van der Waals surface area contributed by atoms with Gasteiger partial charge in [0.05, 0.1) is 6.54 Å². The van der Waals surface area contributed by atoms with Crippen LogP contribution in [0, 0.1) is 18.8 Å². The van der Waals surface area contributed by atoms with Gasteiger partial charge in [-0.2, -0.15) is 0 Å². The van der Waals surface area contributed by atoms with Gasteiger partial charge in [-0.05, 0) is 37.8 Å². The Morgan fingerprint density at radius 1 is 1.41 bits per heavy atom. The van der Waals surface area contributed by atoms with E-state index in [1.165, 1.54) is 25.1 Å². The van der Waals surface area contributed by atoms with Gasteiger partial charge in [-0.3, -0.25) is 4.90 Å². The molecule has 1 aromatic heterocycles. The van der Waals surface area contributed by atoms with Crippen molar-refractivity contribution in [3.8, 4) is 0 Å². The van der Waals surface area contributed by atoms with E-state index in [4.69, 9.17) is 10.2 Å². The van der Waals surface area contributed by atoms with Gasteiger partial charge in [0.15, 0.2) is 0 Å². The van der Waals surface area contributed by atoms with Gasteiger partial charge in [0.25, 0.3) is 0 Å². The van der Waals surface area contributed by atoms with Crippen LogP contribution >= 0.6 is 0 Å². The summed E-state index contributed by atoms with van der Waals surface area (Å²) in [5.41, 5.74) is 6.90. The van der Waals surface area contributed by atoms with E-state index in [0.717, 1.165) is 29.9 Å². The van der Waals surface area contributed by atoms with Crippen LogP contribution in [0.5, 0.6) is 0 Å². The van der Waals surface area contributed by atoms with Gasteiger partial charge < -0.3 is 10.2 Å². The fraction of sp³-hybridized carbons (Fsp3) is 0.714. The SMILES string of the molecule is Cc1oc(CN)cc1CN1CCC(C)C(C)C1. The van der Waals surface area contributed by atoms with Gasteiger partial charge in [0.1, 0.15) is 11.5 Å². The second-order valence-electron chi connectivity index (χ2n) is 5.48. The zero-order valence-corrected chi connectivity index (χ0v) is 11.2. The molecule has 0 amide bonds. The number of furan rings is 1. The molecular weight excluding hydrogens is 212 g/mol. The molecule has 3 heteroatoms. The molecule has 2 N–H and O–H groups in total. The third-order valence-corrected chi connectivity index (χ3v) is 4.09. The first-order chi connectivity index (χ1) is 8.10. The molecule has 0 aliphatic carbocycles. The topological polar surface area (TPSA) is 42.4 Å². The van der Waals surface area contributed by atoms with Crippen LogP contribution in [0.4, 0.5) is 0 Å². The number of rotatable bonds is 3. The van der Waals surface area contributed by atoms with Crippen molar-refractivity contribution in [2.24, 2.45) is 17.6 Å². The minimum Gasteiger partial charge on any atom is -0.465 e. The molecule has 1 saturated heterocycles. The van der Waals surface area contributed by atoms with Crippen molar-refractivity contribution < 1.29 is 4.42 Å². The third kappa shape index (κ3) is 2.90. The lowest BCUT2D eigenvalue weighted by Crippen LogP contribution is -2.37. The highest BCUT2D eigenvalue weighted by atomic mass is 16.3. The van der Waals surface area contributed by atoms with Crippen LogP contribution in [-0.4, -0.2) is 18.0 Å². The van der Waals surface area contributed by atoms with E-state index in [1.54, 1.807) is 0 Å². The average molecular weight is 236 g/mol. The smallest absolute Gasteiger partial charge is 0.118 e. The Kier molecular flexibility index (Phi) is 3.89. The highest BCUT2D eigenvalue weighted by Gasteiger charge is 2.23. The lowest BCUT2D eigenvalue weighted by atomic mass is 9.88. The number of nitrogens with zero attached hydrogens (tertiary/aromatic N) is 1. The largest absolute Gasteiger partial charge is 0.465 e. The molecule has 2 rings (SSSR count). The van der Waals surface area contributed by atoms with Gasteiger partial charge >= 0.3 is 0 Å². The van der Waals surface area contributed by atoms with Gasteiger partial charge in [-0.1, -0.05) is 13.8 Å². The van der Waals surface area contributed by atoms with Crippen molar-refractivity contribution in [2.45, 2.75) is 40.3 Å². The Balaban J connectivity index is 1.98. The van der Waals surface area contributed by atoms with Crippen LogP contribution in [0.2, 0.25) is 0 Å². The van der Waals surface area contributed by atoms with Gasteiger partial charge in [-0.15, -0.1) is 0 Å². The predicted octanol–water partition coefficient (Wildman–Crippen LogP) is 2.52. The number of piperidine rings is 1. The number of hydrogen-bond acceptors (Lipinski definition) is 3. The third-order valence-electron chi connectivity index (χ3n) is 4.09. The summed E-state index contributed by atoms with van der Waals surface area (Å²) in [5.74, 6) is 3.58. The summed E-state index contributed by atoms with van der Waals surface area (Å²) in [6.45, 7) is 10.6. The zero-order valence-electron chi connectivity index (χ0n) is 11.2. The molecule has 0 spiro atoms. The molecule has 17 heavy (non-hydrogen) atoms. The van der Waals surface area contributed by atoms with Crippen LogP contribution in [0.15, 0.2) is 10.5 Å². The van der Waals surface area contributed by atoms with Crippen molar-refractivity contribution in [1.82, 2.24) is 4.90 Å². The van der Waals surface area contributed by atoms with E-state index >= 15 is 0 Å². The highest BCUT2D eigenvalue weighted by molar-refractivity contribution is 5.20. The standard InChI is InChI=1S/C14H24N2O/c1-10-4-5-16(8-11(10)2)9-13-6-14(7-15)17-12(13)3/h6,10-11H,4-5,7-9,15H2,1-3H3. The number of hydrogen-bond donors (Lipinski definition) is 1. The number of nitrogens with two attached hydrogens (primary N) is 1. The molecule has 96 valence electrons. The molecule has 0 radical (unpaired) electrons. The maximum atomic E-state index is 5.60. The van der Waals surface area contributed by atoms with Crippen molar-refractivity contribution in [1.29, 1.82) is 0 Å². The molecular formula is C14H24N2O. The molecule has 3 nitrogen and oxygen atoms in total. The molecule has 0 bridgehead atoms. The minimum absolute atomic E-state index is 0.494.